The second-order valence-corrected chi connectivity index (χ2v) is 7.67. The van der Waals surface area contributed by atoms with Crippen LogP contribution in [0.2, 0.25) is 0 Å². The maximum atomic E-state index is 11.4. The SMILES string of the molecule is COc1ccccc1-c1nc2c(c(SCC(N)=O)n1)Cc1c(CO)cnc(C)c1O2. The topological polar surface area (TPSA) is 120 Å². The van der Waals surface area contributed by atoms with Gasteiger partial charge in [-0.05, 0) is 19.1 Å². The molecule has 154 valence electrons. The largest absolute Gasteiger partial charge is 0.496 e. The number of ether oxygens (including phenoxy) is 2. The minimum absolute atomic E-state index is 0.0733. The number of benzene rings is 1. The molecule has 0 unspecified atom stereocenters. The molecule has 0 fully saturated rings. The number of methoxy groups -OCH3 is 1. The molecule has 0 spiro atoms. The molecule has 9 heteroatoms. The number of hydrogen-bond acceptors (Lipinski definition) is 8. The van der Waals surface area contributed by atoms with E-state index in [9.17, 15) is 9.90 Å². The van der Waals surface area contributed by atoms with Crippen LogP contribution >= 0.6 is 11.8 Å². The number of aromatic nitrogens is 3. The first-order chi connectivity index (χ1) is 14.5. The van der Waals surface area contributed by atoms with Crippen molar-refractivity contribution in [2.45, 2.75) is 25.0 Å². The second-order valence-electron chi connectivity index (χ2n) is 6.70. The van der Waals surface area contributed by atoms with E-state index in [1.807, 2.05) is 31.2 Å². The summed E-state index contributed by atoms with van der Waals surface area (Å²) in [6.45, 7) is 1.69. The maximum absolute atomic E-state index is 11.4. The molecular weight excluding hydrogens is 404 g/mol. The van der Waals surface area contributed by atoms with Gasteiger partial charge in [-0.25, -0.2) is 4.98 Å². The molecule has 3 heterocycles. The van der Waals surface area contributed by atoms with Crippen molar-refractivity contribution >= 4 is 17.7 Å². The van der Waals surface area contributed by atoms with Crippen LogP contribution in [0.5, 0.6) is 17.4 Å². The maximum Gasteiger partial charge on any atom is 0.227 e. The summed E-state index contributed by atoms with van der Waals surface area (Å²) in [5.41, 5.74) is 9.03. The van der Waals surface area contributed by atoms with Gasteiger partial charge in [-0.1, -0.05) is 23.9 Å². The number of aliphatic hydroxyl groups is 1. The Kier molecular flexibility index (Phi) is 5.56. The zero-order chi connectivity index (χ0) is 21.3. The predicted octanol–water partition coefficient (Wildman–Crippen LogP) is 2.62. The van der Waals surface area contributed by atoms with Gasteiger partial charge in [0, 0.05) is 23.7 Å². The lowest BCUT2D eigenvalue weighted by molar-refractivity contribution is -0.115. The number of aliphatic hydroxyl groups excluding tert-OH is 1. The molecule has 0 radical (unpaired) electrons. The molecule has 0 bridgehead atoms. The molecule has 3 aromatic rings. The summed E-state index contributed by atoms with van der Waals surface area (Å²) >= 11 is 1.23. The van der Waals surface area contributed by atoms with Gasteiger partial charge in [0.05, 0.1) is 36.3 Å². The first-order valence-electron chi connectivity index (χ1n) is 9.23. The second kappa shape index (κ2) is 8.29. The molecule has 2 aromatic heterocycles. The fraction of sp³-hybridized carbons (Fsp3) is 0.238. The Balaban J connectivity index is 1.87. The van der Waals surface area contributed by atoms with E-state index in [2.05, 4.69) is 9.97 Å². The van der Waals surface area contributed by atoms with Crippen LogP contribution in [-0.2, 0) is 17.8 Å². The van der Waals surface area contributed by atoms with Gasteiger partial charge in [-0.2, -0.15) is 4.98 Å². The van der Waals surface area contributed by atoms with Crippen LogP contribution in [0.1, 0.15) is 22.4 Å². The molecule has 3 N–H and O–H groups in total. The predicted molar refractivity (Wildman–Crippen MR) is 112 cm³/mol. The standard InChI is InChI=1S/C21H20N4O4S/c1-11-18-14(12(9-26)8-23-11)7-15-20(29-18)24-19(25-21(15)30-10-17(22)27)13-5-3-4-6-16(13)28-2/h3-6,8,26H,7,9-10H2,1-2H3,(H2,22,27). The first-order valence-corrected chi connectivity index (χ1v) is 10.2. The van der Waals surface area contributed by atoms with E-state index in [0.717, 1.165) is 11.1 Å². The number of pyridine rings is 1. The minimum Gasteiger partial charge on any atom is -0.496 e. The van der Waals surface area contributed by atoms with E-state index in [1.165, 1.54) is 11.8 Å². The first kappa shape index (κ1) is 20.1. The van der Waals surface area contributed by atoms with E-state index < -0.39 is 5.91 Å². The van der Waals surface area contributed by atoms with E-state index in [1.54, 1.807) is 13.3 Å². The average Bonchev–Trinajstić information content (AvgIpc) is 2.76. The highest BCUT2D eigenvalue weighted by atomic mass is 32.2. The Labute approximate surface area is 177 Å². The average molecular weight is 424 g/mol. The van der Waals surface area contributed by atoms with Gasteiger partial charge in [0.1, 0.15) is 10.8 Å². The Morgan fingerprint density at radius 1 is 1.30 bits per heavy atom. The number of nitrogens with two attached hydrogens (primary N) is 1. The van der Waals surface area contributed by atoms with Crippen LogP contribution in [-0.4, -0.2) is 38.8 Å². The van der Waals surface area contributed by atoms with Crippen LogP contribution in [0.15, 0.2) is 35.5 Å². The van der Waals surface area contributed by atoms with Crippen molar-refractivity contribution < 1.29 is 19.4 Å². The molecule has 1 aliphatic heterocycles. The molecule has 1 aliphatic rings. The number of carbonyl (C=O) groups is 1. The highest BCUT2D eigenvalue weighted by molar-refractivity contribution is 7.99. The minimum atomic E-state index is -0.445. The number of primary amides is 1. The van der Waals surface area contributed by atoms with Crippen molar-refractivity contribution in [1.29, 1.82) is 0 Å². The van der Waals surface area contributed by atoms with Crippen molar-refractivity contribution in [3.8, 4) is 28.8 Å². The Morgan fingerprint density at radius 2 is 2.10 bits per heavy atom. The normalized spacial score (nSPS) is 12.0. The molecule has 0 saturated heterocycles. The number of para-hydroxylation sites is 1. The van der Waals surface area contributed by atoms with Crippen molar-refractivity contribution in [2.24, 2.45) is 5.73 Å². The van der Waals surface area contributed by atoms with E-state index in [-0.39, 0.29) is 12.4 Å². The Bertz CT molecular complexity index is 1140. The van der Waals surface area contributed by atoms with Crippen LogP contribution in [0.4, 0.5) is 0 Å². The van der Waals surface area contributed by atoms with Gasteiger partial charge < -0.3 is 20.3 Å². The van der Waals surface area contributed by atoms with E-state index >= 15 is 0 Å². The van der Waals surface area contributed by atoms with Gasteiger partial charge in [-0.3, -0.25) is 9.78 Å². The molecule has 30 heavy (non-hydrogen) atoms. The molecule has 8 nitrogen and oxygen atoms in total. The van der Waals surface area contributed by atoms with Crippen LogP contribution in [0.3, 0.4) is 0 Å². The molecule has 0 saturated carbocycles. The van der Waals surface area contributed by atoms with Gasteiger partial charge in [0.25, 0.3) is 0 Å². The smallest absolute Gasteiger partial charge is 0.227 e. The number of rotatable bonds is 6. The van der Waals surface area contributed by atoms with Crippen LogP contribution in [0, 0.1) is 6.92 Å². The molecular formula is C21H20N4O4S. The summed E-state index contributed by atoms with van der Waals surface area (Å²) in [6.07, 6.45) is 2.10. The summed E-state index contributed by atoms with van der Waals surface area (Å²) in [5, 5.41) is 10.3. The van der Waals surface area contributed by atoms with Crippen molar-refractivity contribution in [1.82, 2.24) is 15.0 Å². The Morgan fingerprint density at radius 3 is 2.83 bits per heavy atom. The fourth-order valence-corrected chi connectivity index (χ4v) is 4.07. The third kappa shape index (κ3) is 3.69. The number of aryl methyl sites for hydroxylation is 1. The molecule has 1 aromatic carbocycles. The summed E-state index contributed by atoms with van der Waals surface area (Å²) in [5.74, 6) is 1.66. The summed E-state index contributed by atoms with van der Waals surface area (Å²) in [4.78, 5) is 25.1. The number of thioether (sulfide) groups is 1. The van der Waals surface area contributed by atoms with Crippen LogP contribution < -0.4 is 15.2 Å². The van der Waals surface area contributed by atoms with Crippen LogP contribution in [0.25, 0.3) is 11.4 Å². The lowest BCUT2D eigenvalue weighted by Crippen LogP contribution is -2.16. The van der Waals surface area contributed by atoms with Gasteiger partial charge in [0.2, 0.25) is 11.8 Å². The summed E-state index contributed by atoms with van der Waals surface area (Å²) in [7, 11) is 1.58. The number of fused-ring (bicyclic) bond motifs is 2. The third-order valence-electron chi connectivity index (χ3n) is 4.76. The zero-order valence-corrected chi connectivity index (χ0v) is 17.3. The van der Waals surface area contributed by atoms with Gasteiger partial charge in [-0.15, -0.1) is 0 Å². The van der Waals surface area contributed by atoms with Crippen molar-refractivity contribution in [3.63, 3.8) is 0 Å². The van der Waals surface area contributed by atoms with Crippen molar-refractivity contribution in [3.05, 3.63) is 52.8 Å². The number of hydrogen-bond donors (Lipinski definition) is 2. The number of amides is 1. The molecule has 4 rings (SSSR count). The number of nitrogens with zero attached hydrogens (tertiary/aromatic N) is 3. The third-order valence-corrected chi connectivity index (χ3v) is 5.80. The monoisotopic (exact) mass is 424 g/mol. The highest BCUT2D eigenvalue weighted by Crippen LogP contribution is 2.43. The summed E-state index contributed by atoms with van der Waals surface area (Å²) in [6, 6.07) is 7.42. The molecule has 0 atom stereocenters. The van der Waals surface area contributed by atoms with E-state index in [4.69, 9.17) is 20.2 Å². The van der Waals surface area contributed by atoms with Crippen molar-refractivity contribution in [2.75, 3.05) is 12.9 Å². The highest BCUT2D eigenvalue weighted by Gasteiger charge is 2.28. The fourth-order valence-electron chi connectivity index (χ4n) is 3.30. The van der Waals surface area contributed by atoms with E-state index in [0.29, 0.717) is 51.5 Å². The Hall–Kier alpha value is -3.17. The molecule has 0 aliphatic carbocycles. The summed E-state index contributed by atoms with van der Waals surface area (Å²) < 4.78 is 11.6. The number of carbonyl (C=O) groups excluding carboxylic acids is 1. The quantitative estimate of drug-likeness (QED) is 0.358. The van der Waals surface area contributed by atoms with Gasteiger partial charge >= 0.3 is 0 Å². The molecule has 1 amide bonds. The van der Waals surface area contributed by atoms with Gasteiger partial charge in [0.15, 0.2) is 11.6 Å². The lowest BCUT2D eigenvalue weighted by atomic mass is 9.99. The zero-order valence-electron chi connectivity index (χ0n) is 16.5. The lowest BCUT2D eigenvalue weighted by Gasteiger charge is -2.24.